The number of hydrogen-bond donors (Lipinski definition) is 1. The quantitative estimate of drug-likeness (QED) is 0.762. The van der Waals surface area contributed by atoms with Gasteiger partial charge in [0, 0.05) is 37.1 Å². The molecule has 0 aromatic carbocycles. The second kappa shape index (κ2) is 3.95. The molecule has 0 radical (unpaired) electrons. The first-order valence-corrected chi connectivity index (χ1v) is 7.87. The monoisotopic (exact) mass is 263 g/mol. The number of rotatable bonds is 3. The van der Waals surface area contributed by atoms with Gasteiger partial charge in [0.25, 0.3) is 0 Å². The van der Waals surface area contributed by atoms with Crippen LogP contribution in [0.25, 0.3) is 0 Å². The van der Waals surface area contributed by atoms with Crippen LogP contribution in [0.4, 0.5) is 0 Å². The molecule has 1 amide bonds. The summed E-state index contributed by atoms with van der Waals surface area (Å²) in [7, 11) is 0. The molecule has 4 rings (SSSR count). The SMILES string of the molecule is CC(C)N1CCC2(CN(C(=O)[C@@H]3N[C@H]3C3CC3)C2)C1. The third-order valence-electron chi connectivity index (χ3n) is 5.58. The zero-order valence-corrected chi connectivity index (χ0v) is 12.1. The van der Waals surface area contributed by atoms with E-state index in [0.717, 1.165) is 19.0 Å². The van der Waals surface area contributed by atoms with Gasteiger partial charge in [0.2, 0.25) is 5.91 Å². The molecule has 0 aromatic rings. The molecule has 3 heterocycles. The Morgan fingerprint density at radius 1 is 1.26 bits per heavy atom. The Kier molecular flexibility index (Phi) is 2.53. The molecule has 2 atom stereocenters. The lowest BCUT2D eigenvalue weighted by atomic mass is 9.79. The van der Waals surface area contributed by atoms with Crippen LogP contribution >= 0.6 is 0 Å². The lowest BCUT2D eigenvalue weighted by Gasteiger charge is -2.48. The second-order valence-electron chi connectivity index (χ2n) is 7.52. The first kappa shape index (κ1) is 12.2. The first-order valence-electron chi connectivity index (χ1n) is 7.87. The van der Waals surface area contributed by atoms with E-state index in [0.29, 0.717) is 23.4 Å². The van der Waals surface area contributed by atoms with E-state index in [9.17, 15) is 4.79 Å². The van der Waals surface area contributed by atoms with E-state index in [1.807, 2.05) is 0 Å². The highest BCUT2D eigenvalue weighted by Gasteiger charge is 2.56. The van der Waals surface area contributed by atoms with Gasteiger partial charge in [-0.3, -0.25) is 10.1 Å². The van der Waals surface area contributed by atoms with E-state index in [-0.39, 0.29) is 6.04 Å². The Labute approximate surface area is 115 Å². The lowest BCUT2D eigenvalue weighted by Crippen LogP contribution is -2.61. The van der Waals surface area contributed by atoms with Crippen LogP contribution in [0.5, 0.6) is 0 Å². The molecular weight excluding hydrogens is 238 g/mol. The Hall–Kier alpha value is -0.610. The van der Waals surface area contributed by atoms with Gasteiger partial charge in [-0.05, 0) is 45.6 Å². The van der Waals surface area contributed by atoms with E-state index >= 15 is 0 Å². The van der Waals surface area contributed by atoms with Crippen LogP contribution in [0.1, 0.15) is 33.1 Å². The van der Waals surface area contributed by atoms with Crippen LogP contribution in [0, 0.1) is 11.3 Å². The third kappa shape index (κ3) is 2.00. The lowest BCUT2D eigenvalue weighted by molar-refractivity contribution is -0.142. The van der Waals surface area contributed by atoms with Gasteiger partial charge in [-0.15, -0.1) is 0 Å². The molecule has 4 heteroatoms. The van der Waals surface area contributed by atoms with Crippen LogP contribution in [0.15, 0.2) is 0 Å². The van der Waals surface area contributed by atoms with Crippen LogP contribution in [-0.4, -0.2) is 60.0 Å². The zero-order valence-electron chi connectivity index (χ0n) is 12.1. The summed E-state index contributed by atoms with van der Waals surface area (Å²) in [5, 5.41) is 3.38. The maximum atomic E-state index is 12.3. The number of hydrogen-bond acceptors (Lipinski definition) is 3. The summed E-state index contributed by atoms with van der Waals surface area (Å²) < 4.78 is 0. The van der Waals surface area contributed by atoms with Crippen LogP contribution in [-0.2, 0) is 4.79 Å². The van der Waals surface area contributed by atoms with Gasteiger partial charge in [0.05, 0.1) is 0 Å². The molecule has 4 fully saturated rings. The van der Waals surface area contributed by atoms with Gasteiger partial charge < -0.3 is 9.80 Å². The number of nitrogens with zero attached hydrogens (tertiary/aromatic N) is 2. The number of amides is 1. The summed E-state index contributed by atoms with van der Waals surface area (Å²) in [6.07, 6.45) is 3.93. The second-order valence-corrected chi connectivity index (χ2v) is 7.52. The van der Waals surface area contributed by atoms with Gasteiger partial charge in [-0.1, -0.05) is 0 Å². The number of nitrogens with one attached hydrogen (secondary N) is 1. The normalized spacial score (nSPS) is 36.9. The molecule has 1 N–H and O–H groups in total. The molecule has 1 spiro atoms. The van der Waals surface area contributed by atoms with Gasteiger partial charge in [-0.2, -0.15) is 0 Å². The summed E-state index contributed by atoms with van der Waals surface area (Å²) in [6, 6.07) is 1.35. The molecule has 3 saturated heterocycles. The largest absolute Gasteiger partial charge is 0.340 e. The van der Waals surface area contributed by atoms with Crippen LogP contribution in [0.2, 0.25) is 0 Å². The highest BCUT2D eigenvalue weighted by atomic mass is 16.2. The van der Waals surface area contributed by atoms with E-state index < -0.39 is 0 Å². The van der Waals surface area contributed by atoms with E-state index in [1.54, 1.807) is 0 Å². The van der Waals surface area contributed by atoms with E-state index in [2.05, 4.69) is 29.0 Å². The molecule has 0 bridgehead atoms. The average Bonchev–Trinajstić information content (AvgIpc) is 3.19. The van der Waals surface area contributed by atoms with Crippen molar-refractivity contribution in [3.05, 3.63) is 0 Å². The Morgan fingerprint density at radius 2 is 2.00 bits per heavy atom. The molecule has 106 valence electrons. The van der Waals surface area contributed by atoms with Gasteiger partial charge >= 0.3 is 0 Å². The fourth-order valence-corrected chi connectivity index (χ4v) is 4.02. The topological polar surface area (TPSA) is 45.5 Å². The molecular formula is C15H25N3O. The maximum Gasteiger partial charge on any atom is 0.241 e. The molecule has 3 aliphatic heterocycles. The molecule has 4 aliphatic rings. The highest BCUT2D eigenvalue weighted by molar-refractivity contribution is 5.86. The molecule has 19 heavy (non-hydrogen) atoms. The maximum absolute atomic E-state index is 12.3. The molecule has 1 saturated carbocycles. The fraction of sp³-hybridized carbons (Fsp3) is 0.933. The molecule has 1 aliphatic carbocycles. The van der Waals surface area contributed by atoms with Crippen molar-refractivity contribution < 1.29 is 4.79 Å². The molecule has 4 nitrogen and oxygen atoms in total. The summed E-state index contributed by atoms with van der Waals surface area (Å²) in [5.41, 5.74) is 0.434. The first-order chi connectivity index (χ1) is 9.08. The van der Waals surface area contributed by atoms with Crippen molar-refractivity contribution in [1.82, 2.24) is 15.1 Å². The van der Waals surface area contributed by atoms with Crippen molar-refractivity contribution in [1.29, 1.82) is 0 Å². The standard InChI is InChI=1S/C15H25N3O/c1-10(2)17-6-5-15(7-17)8-18(9-15)14(19)13-12(16-13)11-3-4-11/h10-13,16H,3-9H2,1-2H3/t12-,13+/m0/s1. The van der Waals surface area contributed by atoms with E-state index in [4.69, 9.17) is 0 Å². The van der Waals surface area contributed by atoms with Crippen molar-refractivity contribution in [2.24, 2.45) is 11.3 Å². The van der Waals surface area contributed by atoms with Crippen molar-refractivity contribution >= 4 is 5.91 Å². The van der Waals surface area contributed by atoms with Crippen molar-refractivity contribution in [3.8, 4) is 0 Å². The molecule has 0 unspecified atom stereocenters. The van der Waals surface area contributed by atoms with Gasteiger partial charge in [-0.25, -0.2) is 0 Å². The van der Waals surface area contributed by atoms with Crippen molar-refractivity contribution in [3.63, 3.8) is 0 Å². The predicted molar refractivity (Wildman–Crippen MR) is 73.8 cm³/mol. The fourth-order valence-electron chi connectivity index (χ4n) is 4.02. The van der Waals surface area contributed by atoms with Crippen LogP contribution < -0.4 is 5.32 Å². The average molecular weight is 263 g/mol. The third-order valence-corrected chi connectivity index (χ3v) is 5.58. The number of carbonyl (C=O) groups is 1. The summed E-state index contributed by atoms with van der Waals surface area (Å²) in [5.74, 6) is 1.19. The van der Waals surface area contributed by atoms with Crippen LogP contribution in [0.3, 0.4) is 0 Å². The summed E-state index contributed by atoms with van der Waals surface area (Å²) in [4.78, 5) is 17.0. The summed E-state index contributed by atoms with van der Waals surface area (Å²) in [6.45, 7) is 8.96. The Morgan fingerprint density at radius 3 is 2.58 bits per heavy atom. The van der Waals surface area contributed by atoms with Crippen molar-refractivity contribution in [2.45, 2.75) is 51.2 Å². The van der Waals surface area contributed by atoms with E-state index in [1.165, 1.54) is 32.4 Å². The molecule has 0 aromatic heterocycles. The number of likely N-dealkylation sites (tertiary alicyclic amines) is 2. The highest BCUT2D eigenvalue weighted by Crippen LogP contribution is 2.43. The minimum Gasteiger partial charge on any atom is -0.340 e. The minimum absolute atomic E-state index is 0.174. The summed E-state index contributed by atoms with van der Waals surface area (Å²) >= 11 is 0. The Bertz CT molecular complexity index is 398. The zero-order chi connectivity index (χ0) is 13.2. The predicted octanol–water partition coefficient (Wildman–Crippen LogP) is 0.680. The van der Waals surface area contributed by atoms with Gasteiger partial charge in [0.15, 0.2) is 0 Å². The Balaban J connectivity index is 1.30. The smallest absolute Gasteiger partial charge is 0.241 e. The number of carbonyl (C=O) groups excluding carboxylic acids is 1. The van der Waals surface area contributed by atoms with Gasteiger partial charge in [0.1, 0.15) is 6.04 Å². The van der Waals surface area contributed by atoms with Crippen molar-refractivity contribution in [2.75, 3.05) is 26.2 Å². The minimum atomic E-state index is 0.174.